The number of ether oxygens (including phenoxy) is 1. The van der Waals surface area contributed by atoms with Crippen LogP contribution in [0.25, 0.3) is 0 Å². The lowest BCUT2D eigenvalue weighted by Crippen LogP contribution is -2.33. The van der Waals surface area contributed by atoms with Crippen LogP contribution in [0.1, 0.15) is 19.4 Å². The molecule has 0 saturated carbocycles. The number of methoxy groups -OCH3 is 1. The molecule has 0 fully saturated rings. The molecule has 1 aromatic rings. The summed E-state index contributed by atoms with van der Waals surface area (Å²) in [5, 5.41) is 0. The first-order valence-corrected chi connectivity index (χ1v) is 6.60. The summed E-state index contributed by atoms with van der Waals surface area (Å²) in [6.45, 7) is 6.90. The zero-order valence-corrected chi connectivity index (χ0v) is 12.3. The van der Waals surface area contributed by atoms with Gasteiger partial charge in [-0.15, -0.1) is 0 Å². The van der Waals surface area contributed by atoms with Crippen LogP contribution in [0.4, 0.5) is 5.69 Å². The molecule has 3 nitrogen and oxygen atoms in total. The summed E-state index contributed by atoms with van der Waals surface area (Å²) >= 11 is 3.42. The Labute approximate surface area is 112 Å². The van der Waals surface area contributed by atoms with Crippen molar-refractivity contribution in [3.63, 3.8) is 0 Å². The number of hydrogen-bond donors (Lipinski definition) is 1. The molecule has 0 amide bonds. The van der Waals surface area contributed by atoms with Crippen molar-refractivity contribution in [3.8, 4) is 0 Å². The van der Waals surface area contributed by atoms with Gasteiger partial charge in [-0.1, -0.05) is 22.0 Å². The first kappa shape index (κ1) is 14.5. The first-order chi connectivity index (χ1) is 8.04. The number of hydrogen-bond acceptors (Lipinski definition) is 3. The van der Waals surface area contributed by atoms with Gasteiger partial charge in [0.05, 0.1) is 6.61 Å². The first-order valence-electron chi connectivity index (χ1n) is 5.81. The van der Waals surface area contributed by atoms with Crippen molar-refractivity contribution in [2.75, 3.05) is 26.0 Å². The van der Waals surface area contributed by atoms with E-state index >= 15 is 0 Å². The predicted octanol–water partition coefficient (Wildman–Crippen LogP) is 2.89. The monoisotopic (exact) mass is 300 g/mol. The SMILES string of the molecule is COCCN(Cc1ccc(Br)cc1N)C(C)C. The second kappa shape index (κ2) is 6.99. The molecular weight excluding hydrogens is 280 g/mol. The van der Waals surface area contributed by atoms with E-state index in [9.17, 15) is 0 Å². The largest absolute Gasteiger partial charge is 0.398 e. The van der Waals surface area contributed by atoms with Crippen molar-refractivity contribution < 1.29 is 4.74 Å². The number of rotatable bonds is 6. The zero-order valence-electron chi connectivity index (χ0n) is 10.7. The second-order valence-corrected chi connectivity index (χ2v) is 5.32. The van der Waals surface area contributed by atoms with Gasteiger partial charge in [-0.2, -0.15) is 0 Å². The molecule has 0 unspecified atom stereocenters. The van der Waals surface area contributed by atoms with Crippen LogP contribution < -0.4 is 5.73 Å². The molecule has 17 heavy (non-hydrogen) atoms. The summed E-state index contributed by atoms with van der Waals surface area (Å²) in [5.74, 6) is 0. The molecule has 0 aliphatic rings. The van der Waals surface area contributed by atoms with Gasteiger partial charge in [0, 0.05) is 36.4 Å². The smallest absolute Gasteiger partial charge is 0.0589 e. The highest BCUT2D eigenvalue weighted by Crippen LogP contribution is 2.20. The standard InChI is InChI=1S/C13H21BrN2O/c1-10(2)16(6-7-17-3)9-11-4-5-12(14)8-13(11)15/h4-5,8,10H,6-7,9,15H2,1-3H3. The maximum atomic E-state index is 6.01. The van der Waals surface area contributed by atoms with Crippen LogP contribution in [0.5, 0.6) is 0 Å². The number of nitrogens with two attached hydrogens (primary N) is 1. The highest BCUT2D eigenvalue weighted by atomic mass is 79.9. The summed E-state index contributed by atoms with van der Waals surface area (Å²) in [6, 6.07) is 6.53. The van der Waals surface area contributed by atoms with Gasteiger partial charge in [0.15, 0.2) is 0 Å². The molecule has 0 bridgehead atoms. The van der Waals surface area contributed by atoms with E-state index in [2.05, 4.69) is 40.7 Å². The molecule has 1 rings (SSSR count). The van der Waals surface area contributed by atoms with E-state index in [0.29, 0.717) is 6.04 Å². The Morgan fingerprint density at radius 2 is 2.12 bits per heavy atom. The van der Waals surface area contributed by atoms with E-state index in [0.717, 1.165) is 35.4 Å². The fourth-order valence-electron chi connectivity index (χ4n) is 1.66. The summed E-state index contributed by atoms with van der Waals surface area (Å²) in [6.07, 6.45) is 0. The number of benzene rings is 1. The van der Waals surface area contributed by atoms with E-state index < -0.39 is 0 Å². The molecule has 0 aromatic heterocycles. The van der Waals surface area contributed by atoms with E-state index in [1.165, 1.54) is 0 Å². The van der Waals surface area contributed by atoms with Crippen molar-refractivity contribution in [2.45, 2.75) is 26.4 Å². The summed E-state index contributed by atoms with van der Waals surface area (Å²) in [5.41, 5.74) is 8.01. The van der Waals surface area contributed by atoms with Gasteiger partial charge in [-0.05, 0) is 31.5 Å². The van der Waals surface area contributed by atoms with Gasteiger partial charge in [0.25, 0.3) is 0 Å². The fraction of sp³-hybridized carbons (Fsp3) is 0.538. The lowest BCUT2D eigenvalue weighted by Gasteiger charge is -2.26. The van der Waals surface area contributed by atoms with E-state index in [1.54, 1.807) is 7.11 Å². The molecule has 0 aliphatic heterocycles. The average molecular weight is 301 g/mol. The summed E-state index contributed by atoms with van der Waals surface area (Å²) < 4.78 is 6.15. The zero-order chi connectivity index (χ0) is 12.8. The van der Waals surface area contributed by atoms with Gasteiger partial charge in [-0.3, -0.25) is 4.90 Å². The predicted molar refractivity (Wildman–Crippen MR) is 76.0 cm³/mol. The molecule has 4 heteroatoms. The maximum absolute atomic E-state index is 6.01. The van der Waals surface area contributed by atoms with Crippen molar-refractivity contribution >= 4 is 21.6 Å². The Morgan fingerprint density at radius 3 is 2.65 bits per heavy atom. The van der Waals surface area contributed by atoms with Gasteiger partial charge >= 0.3 is 0 Å². The third-order valence-corrected chi connectivity index (χ3v) is 3.29. The average Bonchev–Trinajstić information content (AvgIpc) is 2.26. The number of halogens is 1. The van der Waals surface area contributed by atoms with Crippen LogP contribution in [0.3, 0.4) is 0 Å². The van der Waals surface area contributed by atoms with Crippen LogP contribution in [-0.4, -0.2) is 31.2 Å². The lowest BCUT2D eigenvalue weighted by molar-refractivity contribution is 0.125. The highest BCUT2D eigenvalue weighted by Gasteiger charge is 2.11. The molecule has 0 atom stereocenters. The van der Waals surface area contributed by atoms with Gasteiger partial charge in [-0.25, -0.2) is 0 Å². The Morgan fingerprint density at radius 1 is 1.41 bits per heavy atom. The Hall–Kier alpha value is -0.580. The van der Waals surface area contributed by atoms with E-state index in [4.69, 9.17) is 10.5 Å². The topological polar surface area (TPSA) is 38.5 Å². The van der Waals surface area contributed by atoms with Crippen molar-refractivity contribution in [1.29, 1.82) is 0 Å². The van der Waals surface area contributed by atoms with Crippen molar-refractivity contribution in [2.24, 2.45) is 0 Å². The second-order valence-electron chi connectivity index (χ2n) is 4.40. The number of nitrogens with zero attached hydrogens (tertiary/aromatic N) is 1. The minimum absolute atomic E-state index is 0.480. The Balaban J connectivity index is 2.71. The molecule has 0 saturated heterocycles. The van der Waals surface area contributed by atoms with Crippen LogP contribution in [0.2, 0.25) is 0 Å². The van der Waals surface area contributed by atoms with Crippen LogP contribution in [0.15, 0.2) is 22.7 Å². The Bertz CT molecular complexity index is 355. The quantitative estimate of drug-likeness (QED) is 0.821. The van der Waals surface area contributed by atoms with Crippen LogP contribution >= 0.6 is 15.9 Å². The van der Waals surface area contributed by atoms with Crippen LogP contribution in [0, 0.1) is 0 Å². The normalized spacial score (nSPS) is 11.4. The third kappa shape index (κ3) is 4.66. The van der Waals surface area contributed by atoms with Gasteiger partial charge in [0.1, 0.15) is 0 Å². The van der Waals surface area contributed by atoms with E-state index in [-0.39, 0.29) is 0 Å². The summed E-state index contributed by atoms with van der Waals surface area (Å²) in [4.78, 5) is 2.35. The van der Waals surface area contributed by atoms with Crippen molar-refractivity contribution in [1.82, 2.24) is 4.90 Å². The number of nitrogen functional groups attached to an aromatic ring is 1. The molecule has 0 heterocycles. The Kier molecular flexibility index (Phi) is 5.95. The molecule has 0 spiro atoms. The van der Waals surface area contributed by atoms with Gasteiger partial charge < -0.3 is 10.5 Å². The van der Waals surface area contributed by atoms with E-state index in [1.807, 2.05) is 12.1 Å². The number of anilines is 1. The highest BCUT2D eigenvalue weighted by molar-refractivity contribution is 9.10. The molecule has 2 N–H and O–H groups in total. The fourth-order valence-corrected chi connectivity index (χ4v) is 2.04. The molecule has 0 aliphatic carbocycles. The maximum Gasteiger partial charge on any atom is 0.0589 e. The third-order valence-electron chi connectivity index (χ3n) is 2.79. The minimum Gasteiger partial charge on any atom is -0.398 e. The molecule has 96 valence electrons. The van der Waals surface area contributed by atoms with Crippen molar-refractivity contribution in [3.05, 3.63) is 28.2 Å². The lowest BCUT2D eigenvalue weighted by atomic mass is 10.1. The molecule has 0 radical (unpaired) electrons. The molecular formula is C13H21BrN2O. The van der Waals surface area contributed by atoms with Gasteiger partial charge in [0.2, 0.25) is 0 Å². The molecule has 1 aromatic carbocycles. The minimum atomic E-state index is 0.480. The van der Waals surface area contributed by atoms with Crippen LogP contribution in [-0.2, 0) is 11.3 Å². The summed E-state index contributed by atoms with van der Waals surface area (Å²) in [7, 11) is 1.73.